The summed E-state index contributed by atoms with van der Waals surface area (Å²) in [5.41, 5.74) is 7.83. The maximum atomic E-state index is 11.8. The van der Waals surface area contributed by atoms with Crippen molar-refractivity contribution in [1.82, 2.24) is 9.55 Å². The van der Waals surface area contributed by atoms with Crippen LogP contribution in [0.1, 0.15) is 42.5 Å². The van der Waals surface area contributed by atoms with Crippen molar-refractivity contribution in [2.24, 2.45) is 0 Å². The van der Waals surface area contributed by atoms with E-state index in [9.17, 15) is 4.79 Å². The predicted molar refractivity (Wildman–Crippen MR) is 170 cm³/mol. The summed E-state index contributed by atoms with van der Waals surface area (Å²) in [4.78, 5) is 11.8. The van der Waals surface area contributed by atoms with Gasteiger partial charge in [0.1, 0.15) is 12.4 Å². The Hall–Kier alpha value is -3.00. The molecule has 0 fully saturated rings. The summed E-state index contributed by atoms with van der Waals surface area (Å²) in [6, 6.07) is 23.1. The number of esters is 1. The van der Waals surface area contributed by atoms with E-state index in [0.717, 1.165) is 50.9 Å². The number of fused-ring (bicyclic) bond motifs is 1. The molecule has 1 heterocycles. The number of carbonyl (C=O) groups excluding carboxylic acids is 1. The second-order valence-corrected chi connectivity index (χ2v) is 10.7. The van der Waals surface area contributed by atoms with Gasteiger partial charge in [-0.05, 0) is 99.1 Å². The highest BCUT2D eigenvalue weighted by molar-refractivity contribution is 14.2. The number of nitrogens with zero attached hydrogens (tertiary/aromatic N) is 2. The number of methoxy groups -OCH3 is 1. The zero-order chi connectivity index (χ0) is 27.6. The SMILES string of the molecule is CCOC(=O)/C=C/c1ccc(/C(=C(/CC)c2ccc(OCCOC)cc2)c2ccc3c(cnn3PI)c2)cc1. The lowest BCUT2D eigenvalue weighted by molar-refractivity contribution is -0.137. The largest absolute Gasteiger partial charge is 0.491 e. The van der Waals surface area contributed by atoms with Crippen LogP contribution in [0.4, 0.5) is 0 Å². The summed E-state index contributed by atoms with van der Waals surface area (Å²) in [5.74, 6) is 0.477. The van der Waals surface area contributed by atoms with Crippen molar-refractivity contribution in [3.05, 3.63) is 101 Å². The van der Waals surface area contributed by atoms with Crippen LogP contribution in [0.2, 0.25) is 0 Å². The van der Waals surface area contributed by atoms with Crippen LogP contribution in [0.3, 0.4) is 0 Å². The summed E-state index contributed by atoms with van der Waals surface area (Å²) in [7, 11) is 1.67. The summed E-state index contributed by atoms with van der Waals surface area (Å²) >= 11 is 2.35. The van der Waals surface area contributed by atoms with Gasteiger partial charge in [0.25, 0.3) is 0 Å². The topological polar surface area (TPSA) is 62.6 Å². The van der Waals surface area contributed by atoms with Gasteiger partial charge in [0.15, 0.2) is 0 Å². The monoisotopic (exact) mass is 654 g/mol. The average molecular weight is 654 g/mol. The Morgan fingerprint density at radius 2 is 1.69 bits per heavy atom. The van der Waals surface area contributed by atoms with Gasteiger partial charge in [0.2, 0.25) is 0 Å². The molecule has 4 aromatic rings. The molecule has 3 aromatic carbocycles. The molecule has 202 valence electrons. The maximum Gasteiger partial charge on any atom is 0.330 e. The van der Waals surface area contributed by atoms with Crippen LogP contribution in [0.15, 0.2) is 79.0 Å². The minimum atomic E-state index is -0.342. The fourth-order valence-corrected chi connectivity index (χ4v) is 5.96. The summed E-state index contributed by atoms with van der Waals surface area (Å²) in [5, 5.41) is 5.66. The minimum Gasteiger partial charge on any atom is -0.491 e. The Morgan fingerprint density at radius 3 is 2.36 bits per heavy atom. The molecule has 0 saturated heterocycles. The zero-order valence-corrected chi connectivity index (χ0v) is 25.5. The Bertz CT molecular complexity index is 1460. The number of aromatic nitrogens is 2. The molecule has 1 aromatic heterocycles. The van der Waals surface area contributed by atoms with E-state index in [1.807, 2.05) is 34.9 Å². The number of hydrogen-bond acceptors (Lipinski definition) is 5. The lowest BCUT2D eigenvalue weighted by Crippen LogP contribution is -2.04. The number of rotatable bonds is 12. The van der Waals surface area contributed by atoms with Crippen LogP contribution >= 0.6 is 28.4 Å². The van der Waals surface area contributed by atoms with Gasteiger partial charge in [-0.2, -0.15) is 5.10 Å². The fourth-order valence-electron chi connectivity index (χ4n) is 4.41. The molecular formula is C31H32IN2O4P. The third-order valence-electron chi connectivity index (χ3n) is 6.25. The molecule has 6 nitrogen and oxygen atoms in total. The molecule has 0 aliphatic carbocycles. The van der Waals surface area contributed by atoms with E-state index in [1.54, 1.807) is 20.1 Å². The highest BCUT2D eigenvalue weighted by Gasteiger charge is 2.15. The molecule has 4 rings (SSSR count). The van der Waals surface area contributed by atoms with E-state index < -0.39 is 0 Å². The van der Waals surface area contributed by atoms with Crippen LogP contribution in [-0.2, 0) is 14.3 Å². The highest BCUT2D eigenvalue weighted by atomic mass is 127. The molecule has 0 bridgehead atoms. The first-order valence-electron chi connectivity index (χ1n) is 12.8. The molecule has 0 spiro atoms. The van der Waals surface area contributed by atoms with Crippen LogP contribution in [-0.4, -0.2) is 42.5 Å². The molecule has 0 radical (unpaired) electrons. The van der Waals surface area contributed by atoms with Crippen LogP contribution < -0.4 is 4.74 Å². The normalized spacial score (nSPS) is 12.4. The maximum absolute atomic E-state index is 11.8. The Labute approximate surface area is 244 Å². The standard InChI is InChI=1S/C31H32IN2O4P/c1-4-28(23-11-14-27(15-12-23)38-19-18-36-3)31(25-13-16-29-26(20-25)21-33-34(29)39-32)24-9-6-22(7-10-24)8-17-30(35)37-5-2/h6-17,20-21,39H,4-5,18-19H2,1-3H3/b17-8+,31-28+. The van der Waals surface area contributed by atoms with E-state index in [-0.39, 0.29) is 5.97 Å². The number of halogens is 1. The van der Waals surface area contributed by atoms with E-state index in [4.69, 9.17) is 14.2 Å². The number of carbonyl (C=O) groups is 1. The molecule has 1 unspecified atom stereocenters. The first kappa shape index (κ1) is 29.0. The van der Waals surface area contributed by atoms with Crippen LogP contribution in [0, 0.1) is 0 Å². The molecule has 39 heavy (non-hydrogen) atoms. The van der Waals surface area contributed by atoms with Gasteiger partial charge < -0.3 is 14.2 Å². The van der Waals surface area contributed by atoms with Crippen molar-refractivity contribution < 1.29 is 19.0 Å². The zero-order valence-electron chi connectivity index (χ0n) is 22.3. The van der Waals surface area contributed by atoms with Crippen molar-refractivity contribution in [3.63, 3.8) is 0 Å². The van der Waals surface area contributed by atoms with E-state index in [0.29, 0.717) is 26.2 Å². The predicted octanol–water partition coefficient (Wildman–Crippen LogP) is 7.80. The Balaban J connectivity index is 1.78. The van der Waals surface area contributed by atoms with Gasteiger partial charge in [0, 0.05) is 18.6 Å². The second-order valence-electron chi connectivity index (χ2n) is 8.69. The molecule has 1 atom stereocenters. The molecule has 0 N–H and O–H groups in total. The minimum absolute atomic E-state index is 0.342. The first-order valence-corrected chi connectivity index (χ1v) is 16.9. The number of ether oxygens (including phenoxy) is 3. The molecule has 0 aliphatic rings. The van der Waals surface area contributed by atoms with Gasteiger partial charge in [-0.1, -0.05) is 49.4 Å². The van der Waals surface area contributed by atoms with E-state index in [2.05, 4.69) is 76.5 Å². The molecule has 0 saturated carbocycles. The average Bonchev–Trinajstić information content (AvgIpc) is 3.38. The van der Waals surface area contributed by atoms with Gasteiger partial charge in [-0.15, -0.1) is 0 Å². The van der Waals surface area contributed by atoms with Crippen LogP contribution in [0.5, 0.6) is 5.75 Å². The third-order valence-corrected chi connectivity index (χ3v) is 8.14. The summed E-state index contributed by atoms with van der Waals surface area (Å²) in [6.45, 7) is 5.40. The summed E-state index contributed by atoms with van der Waals surface area (Å²) in [6.07, 6.45) is 6.56. The quantitative estimate of drug-likeness (QED) is 0.0390. The lowest BCUT2D eigenvalue weighted by atomic mass is 9.87. The van der Waals surface area contributed by atoms with Crippen molar-refractivity contribution in [3.8, 4) is 5.75 Å². The Morgan fingerprint density at radius 1 is 0.974 bits per heavy atom. The lowest BCUT2D eigenvalue weighted by Gasteiger charge is -2.17. The van der Waals surface area contributed by atoms with Crippen molar-refractivity contribution in [2.75, 3.05) is 26.9 Å². The smallest absolute Gasteiger partial charge is 0.330 e. The van der Waals surface area contributed by atoms with Gasteiger partial charge in [0.05, 0.1) is 31.3 Å². The second kappa shape index (κ2) is 14.4. The number of allylic oxidation sites excluding steroid dienone is 1. The highest BCUT2D eigenvalue weighted by Crippen LogP contribution is 2.37. The Kier molecular flexibility index (Phi) is 10.7. The third kappa shape index (κ3) is 7.35. The molecule has 0 aliphatic heterocycles. The van der Waals surface area contributed by atoms with Crippen molar-refractivity contribution >= 4 is 62.5 Å². The first-order chi connectivity index (χ1) is 19.1. The van der Waals surface area contributed by atoms with Gasteiger partial charge >= 0.3 is 5.97 Å². The molecule has 0 amide bonds. The van der Waals surface area contributed by atoms with Crippen molar-refractivity contribution in [1.29, 1.82) is 0 Å². The van der Waals surface area contributed by atoms with Gasteiger partial charge in [-0.25, -0.2) is 9.25 Å². The molecule has 8 heteroatoms. The number of hydrogen-bond donors (Lipinski definition) is 0. The van der Waals surface area contributed by atoms with E-state index >= 15 is 0 Å². The number of benzene rings is 3. The van der Waals surface area contributed by atoms with E-state index in [1.165, 1.54) is 11.6 Å². The van der Waals surface area contributed by atoms with Crippen molar-refractivity contribution in [2.45, 2.75) is 20.3 Å². The van der Waals surface area contributed by atoms with Gasteiger partial charge in [-0.3, -0.25) is 0 Å². The van der Waals surface area contributed by atoms with Crippen LogP contribution in [0.25, 0.3) is 28.1 Å². The molecular weight excluding hydrogens is 622 g/mol. The summed E-state index contributed by atoms with van der Waals surface area (Å²) < 4.78 is 17.9. The fraction of sp³-hybridized carbons (Fsp3) is 0.226.